The number of aromatic nitrogens is 2. The smallest absolute Gasteiger partial charge is 0.297 e. The van der Waals surface area contributed by atoms with Crippen molar-refractivity contribution >= 4 is 15.7 Å². The van der Waals surface area contributed by atoms with E-state index < -0.39 is 10.0 Å². The van der Waals surface area contributed by atoms with Crippen LogP contribution < -0.4 is 4.72 Å². The molecule has 132 valence electrons. The SMILES string of the molecule is CC(C)(C)c1ncc(S(=O)(=O)Nc2cnoc2C2CCOCC2)o1. The largest absolute Gasteiger partial charge is 0.427 e. The Balaban J connectivity index is 1.83. The summed E-state index contributed by atoms with van der Waals surface area (Å²) in [6, 6.07) is 0. The fraction of sp³-hybridized carbons (Fsp3) is 0.600. The number of nitrogens with zero attached hydrogens (tertiary/aromatic N) is 2. The van der Waals surface area contributed by atoms with Crippen LogP contribution >= 0.6 is 0 Å². The molecule has 1 N–H and O–H groups in total. The van der Waals surface area contributed by atoms with Crippen LogP contribution in [-0.2, 0) is 20.2 Å². The van der Waals surface area contributed by atoms with Gasteiger partial charge in [0.05, 0.1) is 12.4 Å². The first-order valence-electron chi connectivity index (χ1n) is 7.79. The van der Waals surface area contributed by atoms with Gasteiger partial charge in [-0.25, -0.2) is 4.98 Å². The van der Waals surface area contributed by atoms with E-state index in [1.807, 2.05) is 20.8 Å². The number of hydrogen-bond donors (Lipinski definition) is 1. The van der Waals surface area contributed by atoms with E-state index in [2.05, 4.69) is 14.9 Å². The van der Waals surface area contributed by atoms with Crippen LogP contribution in [0.2, 0.25) is 0 Å². The fourth-order valence-electron chi connectivity index (χ4n) is 2.50. The minimum atomic E-state index is -3.89. The van der Waals surface area contributed by atoms with Gasteiger partial charge in [0.25, 0.3) is 15.1 Å². The maximum absolute atomic E-state index is 12.5. The van der Waals surface area contributed by atoms with Crippen LogP contribution in [0.3, 0.4) is 0 Å². The van der Waals surface area contributed by atoms with Gasteiger partial charge >= 0.3 is 0 Å². The molecular formula is C15H21N3O5S. The molecule has 1 aliphatic heterocycles. The van der Waals surface area contributed by atoms with Crippen molar-refractivity contribution in [1.82, 2.24) is 10.1 Å². The summed E-state index contributed by atoms with van der Waals surface area (Å²) in [7, 11) is -3.89. The van der Waals surface area contributed by atoms with Crippen LogP contribution in [0.5, 0.6) is 0 Å². The van der Waals surface area contributed by atoms with Gasteiger partial charge in [-0.05, 0) is 12.8 Å². The van der Waals surface area contributed by atoms with E-state index in [1.54, 1.807) is 0 Å². The monoisotopic (exact) mass is 355 g/mol. The van der Waals surface area contributed by atoms with Crippen LogP contribution in [-0.4, -0.2) is 31.8 Å². The third-order valence-electron chi connectivity index (χ3n) is 3.83. The average Bonchev–Trinajstić information content (AvgIpc) is 3.16. The fourth-order valence-corrected chi connectivity index (χ4v) is 3.43. The van der Waals surface area contributed by atoms with Gasteiger partial charge in [0.15, 0.2) is 5.76 Å². The van der Waals surface area contributed by atoms with E-state index in [1.165, 1.54) is 12.4 Å². The molecule has 0 aliphatic carbocycles. The zero-order valence-corrected chi connectivity index (χ0v) is 14.7. The van der Waals surface area contributed by atoms with Gasteiger partial charge in [-0.1, -0.05) is 25.9 Å². The van der Waals surface area contributed by atoms with Gasteiger partial charge in [-0.3, -0.25) is 4.72 Å². The molecule has 0 spiro atoms. The van der Waals surface area contributed by atoms with E-state index in [9.17, 15) is 8.42 Å². The van der Waals surface area contributed by atoms with Crippen LogP contribution in [0.4, 0.5) is 5.69 Å². The van der Waals surface area contributed by atoms with Crippen molar-refractivity contribution < 1.29 is 22.1 Å². The predicted octanol–water partition coefficient (Wildman–Crippen LogP) is 2.65. The molecule has 1 aliphatic rings. The standard InChI is InChI=1S/C15H21N3O5S/c1-15(2,3)14-16-9-12(22-14)24(19,20)18-11-8-17-23-13(11)10-4-6-21-7-5-10/h8-10,18H,4-7H2,1-3H3. The maximum Gasteiger partial charge on any atom is 0.297 e. The number of ether oxygens (including phenoxy) is 1. The summed E-state index contributed by atoms with van der Waals surface area (Å²) in [4.78, 5) is 4.05. The van der Waals surface area contributed by atoms with Crippen LogP contribution in [0.25, 0.3) is 0 Å². The Morgan fingerprint density at radius 2 is 1.92 bits per heavy atom. The highest BCUT2D eigenvalue weighted by atomic mass is 32.2. The molecule has 24 heavy (non-hydrogen) atoms. The zero-order chi connectivity index (χ0) is 17.4. The quantitative estimate of drug-likeness (QED) is 0.898. The summed E-state index contributed by atoms with van der Waals surface area (Å²) in [5.41, 5.74) is -0.0475. The second-order valence-corrected chi connectivity index (χ2v) is 8.44. The van der Waals surface area contributed by atoms with Crippen molar-refractivity contribution in [3.8, 4) is 0 Å². The molecule has 8 nitrogen and oxygen atoms in total. The molecule has 3 heterocycles. The Morgan fingerprint density at radius 1 is 1.21 bits per heavy atom. The first kappa shape index (κ1) is 17.0. The second-order valence-electron chi connectivity index (χ2n) is 6.83. The molecule has 2 aromatic heterocycles. The minimum absolute atomic E-state index is 0.0822. The zero-order valence-electron chi connectivity index (χ0n) is 13.9. The molecule has 0 atom stereocenters. The van der Waals surface area contributed by atoms with Crippen molar-refractivity contribution in [3.05, 3.63) is 24.0 Å². The molecule has 0 saturated carbocycles. The molecule has 1 saturated heterocycles. The van der Waals surface area contributed by atoms with Crippen molar-refractivity contribution in [2.45, 2.75) is 50.0 Å². The number of oxazole rings is 1. The lowest BCUT2D eigenvalue weighted by Gasteiger charge is -2.20. The summed E-state index contributed by atoms with van der Waals surface area (Å²) in [6.07, 6.45) is 4.11. The van der Waals surface area contributed by atoms with Crippen LogP contribution in [0.1, 0.15) is 51.2 Å². The summed E-state index contributed by atoms with van der Waals surface area (Å²) < 4.78 is 43.6. The third-order valence-corrected chi connectivity index (χ3v) is 5.03. The van der Waals surface area contributed by atoms with Gasteiger partial charge < -0.3 is 13.7 Å². The lowest BCUT2D eigenvalue weighted by molar-refractivity contribution is 0.0793. The predicted molar refractivity (Wildman–Crippen MR) is 85.3 cm³/mol. The molecule has 1 fully saturated rings. The summed E-state index contributed by atoms with van der Waals surface area (Å²) >= 11 is 0. The highest BCUT2D eigenvalue weighted by Gasteiger charge is 2.29. The Hall–Kier alpha value is -1.87. The van der Waals surface area contributed by atoms with E-state index in [4.69, 9.17) is 13.7 Å². The number of sulfonamides is 1. The Labute approximate surface area is 140 Å². The Kier molecular flexibility index (Phi) is 4.39. The van der Waals surface area contributed by atoms with Gasteiger partial charge in [0.1, 0.15) is 5.69 Å². The van der Waals surface area contributed by atoms with E-state index in [0.29, 0.717) is 30.6 Å². The summed E-state index contributed by atoms with van der Waals surface area (Å²) in [5, 5.41) is 3.50. The molecular weight excluding hydrogens is 334 g/mol. The first-order chi connectivity index (χ1) is 11.3. The topological polar surface area (TPSA) is 107 Å². The van der Waals surface area contributed by atoms with Crippen LogP contribution in [0.15, 0.2) is 26.4 Å². The van der Waals surface area contributed by atoms with Gasteiger partial charge in [0, 0.05) is 24.5 Å². The Morgan fingerprint density at radius 3 is 2.54 bits per heavy atom. The lowest BCUT2D eigenvalue weighted by atomic mass is 9.97. The number of hydrogen-bond acceptors (Lipinski definition) is 7. The lowest BCUT2D eigenvalue weighted by Crippen LogP contribution is -2.17. The molecule has 9 heteroatoms. The van der Waals surface area contributed by atoms with Crippen molar-refractivity contribution in [1.29, 1.82) is 0 Å². The number of rotatable bonds is 4. The van der Waals surface area contributed by atoms with Crippen molar-refractivity contribution in [2.75, 3.05) is 17.9 Å². The van der Waals surface area contributed by atoms with Gasteiger partial charge in [0.2, 0.25) is 5.89 Å². The molecule has 2 aromatic rings. The molecule has 0 unspecified atom stereocenters. The van der Waals surface area contributed by atoms with Gasteiger partial charge in [-0.2, -0.15) is 8.42 Å². The average molecular weight is 355 g/mol. The third kappa shape index (κ3) is 3.46. The normalized spacial score (nSPS) is 17.1. The van der Waals surface area contributed by atoms with Crippen molar-refractivity contribution in [3.63, 3.8) is 0 Å². The van der Waals surface area contributed by atoms with Gasteiger partial charge in [-0.15, -0.1) is 0 Å². The van der Waals surface area contributed by atoms with Crippen LogP contribution in [0, 0.1) is 0 Å². The summed E-state index contributed by atoms with van der Waals surface area (Å²) in [5.74, 6) is 0.967. The molecule has 0 amide bonds. The Bertz CT molecular complexity index is 797. The molecule has 0 radical (unpaired) electrons. The van der Waals surface area contributed by atoms with E-state index in [0.717, 1.165) is 12.8 Å². The second kappa shape index (κ2) is 6.21. The molecule has 0 bridgehead atoms. The van der Waals surface area contributed by atoms with E-state index in [-0.39, 0.29) is 16.4 Å². The minimum Gasteiger partial charge on any atom is -0.427 e. The highest BCUT2D eigenvalue weighted by molar-refractivity contribution is 7.92. The summed E-state index contributed by atoms with van der Waals surface area (Å²) in [6.45, 7) is 6.92. The first-order valence-corrected chi connectivity index (χ1v) is 9.27. The maximum atomic E-state index is 12.5. The number of nitrogens with one attached hydrogen (secondary N) is 1. The highest BCUT2D eigenvalue weighted by Crippen LogP contribution is 2.33. The van der Waals surface area contributed by atoms with Crippen molar-refractivity contribution in [2.24, 2.45) is 0 Å². The number of anilines is 1. The molecule has 3 rings (SSSR count). The van der Waals surface area contributed by atoms with E-state index >= 15 is 0 Å². The molecule has 0 aromatic carbocycles.